The largest absolute Gasteiger partial charge is 0.507 e. The van der Waals surface area contributed by atoms with Crippen LogP contribution in [0.15, 0.2) is 18.2 Å². The molecule has 3 N–H and O–H groups in total. The molecule has 0 bridgehead atoms. The zero-order valence-corrected chi connectivity index (χ0v) is 9.42. The first-order valence-corrected chi connectivity index (χ1v) is 5.54. The summed E-state index contributed by atoms with van der Waals surface area (Å²) in [6, 6.07) is 4.56. The summed E-state index contributed by atoms with van der Waals surface area (Å²) < 4.78 is 0. The van der Waals surface area contributed by atoms with Crippen molar-refractivity contribution < 1.29 is 9.90 Å². The highest BCUT2D eigenvalue weighted by molar-refractivity contribution is 6.31. The van der Waals surface area contributed by atoms with E-state index in [4.69, 9.17) is 11.6 Å². The van der Waals surface area contributed by atoms with Gasteiger partial charge in [-0.25, -0.2) is 0 Å². The van der Waals surface area contributed by atoms with Gasteiger partial charge in [-0.2, -0.15) is 0 Å². The van der Waals surface area contributed by atoms with E-state index in [0.29, 0.717) is 5.02 Å². The van der Waals surface area contributed by atoms with Gasteiger partial charge in [-0.3, -0.25) is 4.79 Å². The first-order chi connectivity index (χ1) is 7.66. The average Bonchev–Trinajstić information content (AvgIpc) is 2.74. The number of nitrogens with one attached hydrogen (secondary N) is 2. The molecule has 1 amide bonds. The van der Waals surface area contributed by atoms with Gasteiger partial charge in [-0.15, -0.1) is 0 Å². The molecule has 0 saturated carbocycles. The molecule has 86 valence electrons. The Morgan fingerprint density at radius 3 is 3.06 bits per heavy atom. The van der Waals surface area contributed by atoms with Gasteiger partial charge in [-0.1, -0.05) is 11.6 Å². The van der Waals surface area contributed by atoms with Crippen molar-refractivity contribution in [2.75, 3.05) is 13.1 Å². The number of aromatic hydroxyl groups is 1. The molecule has 5 heteroatoms. The Bertz CT molecular complexity index is 403. The highest BCUT2D eigenvalue weighted by atomic mass is 35.5. The fraction of sp³-hybridized carbons (Fsp3) is 0.364. The van der Waals surface area contributed by atoms with Gasteiger partial charge in [0, 0.05) is 17.6 Å². The number of benzene rings is 1. The number of halogens is 1. The van der Waals surface area contributed by atoms with E-state index in [0.717, 1.165) is 19.5 Å². The van der Waals surface area contributed by atoms with E-state index >= 15 is 0 Å². The maximum Gasteiger partial charge on any atom is 0.255 e. The Labute approximate surface area is 98.6 Å². The lowest BCUT2D eigenvalue weighted by Crippen LogP contribution is -2.36. The third-order valence-electron chi connectivity index (χ3n) is 2.60. The van der Waals surface area contributed by atoms with Crippen molar-refractivity contribution in [3.05, 3.63) is 28.8 Å². The van der Waals surface area contributed by atoms with E-state index in [-0.39, 0.29) is 23.3 Å². The number of phenols is 1. The molecule has 0 aromatic heterocycles. The number of hydrogen-bond acceptors (Lipinski definition) is 3. The summed E-state index contributed by atoms with van der Waals surface area (Å²) in [7, 11) is 0. The van der Waals surface area contributed by atoms with Crippen molar-refractivity contribution in [1.82, 2.24) is 10.6 Å². The van der Waals surface area contributed by atoms with Gasteiger partial charge in [0.25, 0.3) is 5.91 Å². The number of amides is 1. The smallest absolute Gasteiger partial charge is 0.255 e. The average molecular weight is 241 g/mol. The third kappa shape index (κ3) is 2.46. The number of phenolic OH excluding ortho intramolecular Hbond substituents is 1. The molecule has 1 aromatic rings. The standard InChI is InChI=1S/C11H13ClN2O2/c12-7-1-2-10(15)9(5-7)11(16)14-8-3-4-13-6-8/h1-2,5,8,13,15H,3-4,6H2,(H,14,16). The monoisotopic (exact) mass is 240 g/mol. The quantitative estimate of drug-likeness (QED) is 0.727. The molecule has 1 fully saturated rings. The van der Waals surface area contributed by atoms with Gasteiger partial charge >= 0.3 is 0 Å². The van der Waals surface area contributed by atoms with E-state index in [9.17, 15) is 9.90 Å². The van der Waals surface area contributed by atoms with Crippen LogP contribution in [0.1, 0.15) is 16.8 Å². The van der Waals surface area contributed by atoms with Gasteiger partial charge in [0.1, 0.15) is 5.75 Å². The van der Waals surface area contributed by atoms with Gasteiger partial charge < -0.3 is 15.7 Å². The second kappa shape index (κ2) is 4.72. The molecule has 1 saturated heterocycles. The van der Waals surface area contributed by atoms with Gasteiger partial charge in [0.15, 0.2) is 0 Å². The Morgan fingerprint density at radius 2 is 2.38 bits per heavy atom. The molecule has 4 nitrogen and oxygen atoms in total. The van der Waals surface area contributed by atoms with Gasteiger partial charge in [0.05, 0.1) is 5.56 Å². The van der Waals surface area contributed by atoms with E-state index in [2.05, 4.69) is 10.6 Å². The zero-order chi connectivity index (χ0) is 11.5. The molecular weight excluding hydrogens is 228 g/mol. The minimum Gasteiger partial charge on any atom is -0.507 e. The van der Waals surface area contributed by atoms with Crippen LogP contribution in [0.2, 0.25) is 5.02 Å². The minimum absolute atomic E-state index is 0.0483. The molecule has 1 unspecified atom stereocenters. The number of rotatable bonds is 2. The van der Waals surface area contributed by atoms with Crippen molar-refractivity contribution >= 4 is 17.5 Å². The highest BCUT2D eigenvalue weighted by Crippen LogP contribution is 2.21. The molecule has 1 aliphatic heterocycles. The molecule has 1 aromatic carbocycles. The lowest BCUT2D eigenvalue weighted by Gasteiger charge is -2.12. The normalized spacial score (nSPS) is 19.7. The lowest BCUT2D eigenvalue weighted by molar-refractivity contribution is 0.0937. The Balaban J connectivity index is 2.10. The number of carbonyl (C=O) groups excluding carboxylic acids is 1. The van der Waals surface area contributed by atoms with Crippen LogP contribution in [0.5, 0.6) is 5.75 Å². The van der Waals surface area contributed by atoms with Crippen molar-refractivity contribution in [2.24, 2.45) is 0 Å². The van der Waals surface area contributed by atoms with Gasteiger partial charge in [-0.05, 0) is 31.2 Å². The molecule has 0 radical (unpaired) electrons. The lowest BCUT2D eigenvalue weighted by atomic mass is 10.1. The first-order valence-electron chi connectivity index (χ1n) is 5.17. The number of hydrogen-bond donors (Lipinski definition) is 3. The summed E-state index contributed by atoms with van der Waals surface area (Å²) in [5.41, 5.74) is 0.222. The van der Waals surface area contributed by atoms with Crippen molar-refractivity contribution in [3.8, 4) is 5.75 Å². The van der Waals surface area contributed by atoms with Crippen LogP contribution in [0.3, 0.4) is 0 Å². The fourth-order valence-electron chi connectivity index (χ4n) is 1.73. The maximum atomic E-state index is 11.8. The van der Waals surface area contributed by atoms with Crippen LogP contribution in [-0.2, 0) is 0 Å². The molecule has 0 spiro atoms. The summed E-state index contributed by atoms with van der Waals surface area (Å²) in [4.78, 5) is 11.8. The Kier molecular flexibility index (Phi) is 3.31. The van der Waals surface area contributed by atoms with E-state index in [1.165, 1.54) is 12.1 Å². The summed E-state index contributed by atoms with van der Waals surface area (Å²) in [5.74, 6) is -0.332. The summed E-state index contributed by atoms with van der Waals surface area (Å²) >= 11 is 5.77. The van der Waals surface area contributed by atoms with E-state index < -0.39 is 0 Å². The van der Waals surface area contributed by atoms with Crippen molar-refractivity contribution in [1.29, 1.82) is 0 Å². The summed E-state index contributed by atoms with van der Waals surface area (Å²) in [5, 5.41) is 16.0. The Morgan fingerprint density at radius 1 is 1.56 bits per heavy atom. The van der Waals surface area contributed by atoms with E-state index in [1.54, 1.807) is 6.07 Å². The van der Waals surface area contributed by atoms with Crippen LogP contribution in [0, 0.1) is 0 Å². The topological polar surface area (TPSA) is 61.4 Å². The first kappa shape index (κ1) is 11.2. The van der Waals surface area contributed by atoms with Gasteiger partial charge in [0.2, 0.25) is 0 Å². The van der Waals surface area contributed by atoms with Crippen molar-refractivity contribution in [2.45, 2.75) is 12.5 Å². The maximum absolute atomic E-state index is 11.8. The molecule has 16 heavy (non-hydrogen) atoms. The third-order valence-corrected chi connectivity index (χ3v) is 2.83. The van der Waals surface area contributed by atoms with Crippen molar-refractivity contribution in [3.63, 3.8) is 0 Å². The van der Waals surface area contributed by atoms with Crippen LogP contribution in [0.25, 0.3) is 0 Å². The highest BCUT2D eigenvalue weighted by Gasteiger charge is 2.19. The second-order valence-electron chi connectivity index (χ2n) is 3.82. The molecule has 1 atom stereocenters. The second-order valence-corrected chi connectivity index (χ2v) is 4.26. The zero-order valence-electron chi connectivity index (χ0n) is 8.66. The van der Waals surface area contributed by atoms with E-state index in [1.807, 2.05) is 0 Å². The summed E-state index contributed by atoms with van der Waals surface area (Å²) in [6.07, 6.45) is 0.910. The van der Waals surface area contributed by atoms with Crippen LogP contribution in [-0.4, -0.2) is 30.1 Å². The summed E-state index contributed by atoms with van der Waals surface area (Å²) in [6.45, 7) is 1.68. The molecular formula is C11H13ClN2O2. The fourth-order valence-corrected chi connectivity index (χ4v) is 1.90. The Hall–Kier alpha value is -1.26. The molecule has 1 heterocycles. The predicted octanol–water partition coefficient (Wildman–Crippen LogP) is 1.14. The predicted molar refractivity (Wildman–Crippen MR) is 61.9 cm³/mol. The number of carbonyl (C=O) groups is 1. The van der Waals surface area contributed by atoms with Crippen LogP contribution in [0.4, 0.5) is 0 Å². The van der Waals surface area contributed by atoms with Crippen LogP contribution >= 0.6 is 11.6 Å². The molecule has 2 rings (SSSR count). The van der Waals surface area contributed by atoms with Crippen LogP contribution < -0.4 is 10.6 Å². The molecule has 0 aliphatic carbocycles. The molecule has 1 aliphatic rings. The minimum atomic E-state index is -0.284. The SMILES string of the molecule is O=C(NC1CCNC1)c1cc(Cl)ccc1O.